The van der Waals surface area contributed by atoms with Gasteiger partial charge in [0.1, 0.15) is 17.0 Å². The molecule has 5 nitrogen and oxygen atoms in total. The Hall–Kier alpha value is -1.28. The number of nitrogens with zero attached hydrogens (tertiary/aromatic N) is 3. The van der Waals surface area contributed by atoms with Gasteiger partial charge in [-0.2, -0.15) is 13.2 Å². The first-order valence-corrected chi connectivity index (χ1v) is 7.30. The molecule has 22 heavy (non-hydrogen) atoms. The summed E-state index contributed by atoms with van der Waals surface area (Å²) in [5, 5.41) is 3.06. The van der Waals surface area contributed by atoms with Crippen LogP contribution in [-0.4, -0.2) is 45.2 Å². The molecule has 124 valence electrons. The minimum absolute atomic E-state index is 0.0312. The van der Waals surface area contributed by atoms with Gasteiger partial charge in [0.15, 0.2) is 0 Å². The normalized spacial score (nSPS) is 23.5. The van der Waals surface area contributed by atoms with E-state index in [4.69, 9.17) is 11.6 Å². The van der Waals surface area contributed by atoms with Crippen molar-refractivity contribution in [3.8, 4) is 0 Å². The molecule has 0 aliphatic carbocycles. The maximum absolute atomic E-state index is 13.2. The Morgan fingerprint density at radius 1 is 1.50 bits per heavy atom. The first kappa shape index (κ1) is 17.1. The summed E-state index contributed by atoms with van der Waals surface area (Å²) >= 11 is 5.87. The van der Waals surface area contributed by atoms with Gasteiger partial charge < -0.3 is 9.88 Å². The molecule has 1 saturated heterocycles. The molecule has 2 heterocycles. The zero-order chi connectivity index (χ0) is 16.5. The van der Waals surface area contributed by atoms with Crippen LogP contribution >= 0.6 is 11.6 Å². The van der Waals surface area contributed by atoms with Crippen molar-refractivity contribution in [2.75, 3.05) is 6.54 Å². The number of hydrogen-bond donors (Lipinski definition) is 1. The number of halogens is 4. The highest BCUT2D eigenvalue weighted by Gasteiger charge is 2.46. The van der Waals surface area contributed by atoms with Gasteiger partial charge in [0, 0.05) is 26.6 Å². The van der Waals surface area contributed by atoms with Crippen LogP contribution in [0, 0.1) is 0 Å². The summed E-state index contributed by atoms with van der Waals surface area (Å²) < 4.78 is 41.2. The molecular formula is C13H18ClF3N4O. The minimum atomic E-state index is -4.31. The zero-order valence-electron chi connectivity index (χ0n) is 12.3. The second kappa shape index (κ2) is 6.45. The van der Waals surface area contributed by atoms with E-state index in [0.717, 1.165) is 0 Å². The molecule has 2 atom stereocenters. The summed E-state index contributed by atoms with van der Waals surface area (Å²) in [7, 11) is 1.66. The van der Waals surface area contributed by atoms with Gasteiger partial charge in [-0.25, -0.2) is 4.98 Å². The lowest BCUT2D eigenvalue weighted by molar-refractivity contribution is -0.194. The molecule has 1 amide bonds. The molecule has 1 fully saturated rings. The van der Waals surface area contributed by atoms with Crippen molar-refractivity contribution in [2.24, 2.45) is 7.05 Å². The molecule has 9 heteroatoms. The van der Waals surface area contributed by atoms with E-state index >= 15 is 0 Å². The predicted molar refractivity (Wildman–Crippen MR) is 75.3 cm³/mol. The van der Waals surface area contributed by atoms with Gasteiger partial charge in [-0.3, -0.25) is 9.69 Å². The summed E-state index contributed by atoms with van der Waals surface area (Å²) in [6.07, 6.45) is -2.64. The van der Waals surface area contributed by atoms with Crippen LogP contribution in [0.1, 0.15) is 25.6 Å². The smallest absolute Gasteiger partial charge is 0.352 e. The maximum Gasteiger partial charge on any atom is 0.404 e. The summed E-state index contributed by atoms with van der Waals surface area (Å²) in [4.78, 5) is 16.5. The zero-order valence-corrected chi connectivity index (χ0v) is 13.1. The minimum Gasteiger partial charge on any atom is -0.352 e. The van der Waals surface area contributed by atoms with E-state index in [0.29, 0.717) is 17.4 Å². The van der Waals surface area contributed by atoms with E-state index < -0.39 is 12.2 Å². The molecule has 0 saturated carbocycles. The molecule has 1 aromatic rings. The second-order valence-electron chi connectivity index (χ2n) is 5.52. The van der Waals surface area contributed by atoms with E-state index in [1.165, 1.54) is 18.0 Å². The topological polar surface area (TPSA) is 50.2 Å². The van der Waals surface area contributed by atoms with Crippen molar-refractivity contribution < 1.29 is 18.0 Å². The predicted octanol–water partition coefficient (Wildman–Crippen LogP) is 2.10. The number of likely N-dealkylation sites (tertiary alicyclic amines) is 1. The Labute approximate surface area is 131 Å². The van der Waals surface area contributed by atoms with Gasteiger partial charge >= 0.3 is 6.18 Å². The van der Waals surface area contributed by atoms with Crippen molar-refractivity contribution in [3.05, 3.63) is 17.2 Å². The van der Waals surface area contributed by atoms with Crippen LogP contribution in [-0.2, 0) is 18.4 Å². The molecule has 1 aliphatic heterocycles. The molecule has 2 unspecified atom stereocenters. The Morgan fingerprint density at radius 3 is 2.68 bits per heavy atom. The number of carbonyl (C=O) groups is 1. The lowest BCUT2D eigenvalue weighted by Crippen LogP contribution is -2.55. The third-order valence-corrected chi connectivity index (χ3v) is 4.19. The Balaban J connectivity index is 2.16. The van der Waals surface area contributed by atoms with Gasteiger partial charge in [-0.15, -0.1) is 0 Å². The highest BCUT2D eigenvalue weighted by molar-refractivity contribution is 6.29. The summed E-state index contributed by atoms with van der Waals surface area (Å²) in [6, 6.07) is -1.82. The fourth-order valence-electron chi connectivity index (χ4n) is 2.75. The standard InChI is InChI=1S/C13H18ClF3N4O/c1-8(22)19-9-3-4-10(13(15,16)17)21(6-9)7-12-18-5-11(14)20(12)2/h5,9-10H,3-4,6-7H2,1-2H3,(H,19,22). The number of alkyl halides is 3. The summed E-state index contributed by atoms with van der Waals surface area (Å²) in [5.41, 5.74) is 0. The summed E-state index contributed by atoms with van der Waals surface area (Å²) in [6.45, 7) is 1.52. The first-order chi connectivity index (χ1) is 10.2. The molecule has 0 spiro atoms. The average Bonchev–Trinajstić information content (AvgIpc) is 2.69. The molecule has 2 rings (SSSR count). The van der Waals surface area contributed by atoms with E-state index in [1.807, 2.05) is 0 Å². The van der Waals surface area contributed by atoms with Crippen LogP contribution in [0.25, 0.3) is 0 Å². The van der Waals surface area contributed by atoms with Gasteiger partial charge in [-0.05, 0) is 12.8 Å². The van der Waals surface area contributed by atoms with Crippen molar-refractivity contribution >= 4 is 17.5 Å². The van der Waals surface area contributed by atoms with Crippen LogP contribution < -0.4 is 5.32 Å². The third-order valence-electron chi connectivity index (χ3n) is 3.84. The van der Waals surface area contributed by atoms with Crippen LogP contribution in [0.4, 0.5) is 13.2 Å². The van der Waals surface area contributed by atoms with Crippen molar-refractivity contribution in [1.29, 1.82) is 0 Å². The summed E-state index contributed by atoms with van der Waals surface area (Å²) in [5.74, 6) is 0.221. The van der Waals surface area contributed by atoms with Crippen molar-refractivity contribution in [2.45, 2.75) is 44.6 Å². The Kier molecular flexibility index (Phi) is 5.01. The number of imidazole rings is 1. The highest BCUT2D eigenvalue weighted by atomic mass is 35.5. The van der Waals surface area contributed by atoms with E-state index in [2.05, 4.69) is 10.3 Å². The van der Waals surface area contributed by atoms with Gasteiger partial charge in [-0.1, -0.05) is 11.6 Å². The van der Waals surface area contributed by atoms with Crippen molar-refractivity contribution in [1.82, 2.24) is 19.8 Å². The van der Waals surface area contributed by atoms with E-state index in [1.54, 1.807) is 11.6 Å². The lowest BCUT2D eigenvalue weighted by atomic mass is 9.97. The second-order valence-corrected chi connectivity index (χ2v) is 5.91. The number of rotatable bonds is 3. The van der Waals surface area contributed by atoms with Gasteiger partial charge in [0.05, 0.1) is 12.7 Å². The van der Waals surface area contributed by atoms with Crippen LogP contribution in [0.15, 0.2) is 6.20 Å². The third kappa shape index (κ3) is 3.92. The quantitative estimate of drug-likeness (QED) is 0.918. The largest absolute Gasteiger partial charge is 0.404 e. The Bertz CT molecular complexity index is 546. The molecule has 0 aromatic carbocycles. The lowest BCUT2D eigenvalue weighted by Gasteiger charge is -2.40. The number of carbonyl (C=O) groups excluding carboxylic acids is 1. The van der Waals surface area contributed by atoms with Gasteiger partial charge in [0.2, 0.25) is 5.91 Å². The molecular weight excluding hydrogens is 321 g/mol. The van der Waals surface area contributed by atoms with E-state index in [9.17, 15) is 18.0 Å². The fourth-order valence-corrected chi connectivity index (χ4v) is 2.89. The highest BCUT2D eigenvalue weighted by Crippen LogP contribution is 2.33. The van der Waals surface area contributed by atoms with Crippen LogP contribution in [0.5, 0.6) is 0 Å². The van der Waals surface area contributed by atoms with Gasteiger partial charge in [0.25, 0.3) is 0 Å². The Morgan fingerprint density at radius 2 is 2.18 bits per heavy atom. The molecule has 1 aliphatic rings. The van der Waals surface area contributed by atoms with Crippen LogP contribution in [0.3, 0.4) is 0 Å². The molecule has 1 aromatic heterocycles. The average molecular weight is 339 g/mol. The number of amides is 1. The first-order valence-electron chi connectivity index (χ1n) is 6.92. The monoisotopic (exact) mass is 338 g/mol. The SMILES string of the molecule is CC(=O)NC1CCC(C(F)(F)F)N(Cc2ncc(Cl)n2C)C1. The molecule has 0 bridgehead atoms. The number of hydrogen-bond acceptors (Lipinski definition) is 3. The number of piperidine rings is 1. The molecule has 0 radical (unpaired) electrons. The van der Waals surface area contributed by atoms with Crippen LogP contribution in [0.2, 0.25) is 5.15 Å². The van der Waals surface area contributed by atoms with Crippen molar-refractivity contribution in [3.63, 3.8) is 0 Å². The molecule has 1 N–H and O–H groups in total. The number of nitrogens with one attached hydrogen (secondary N) is 1. The van der Waals surface area contributed by atoms with E-state index in [-0.39, 0.29) is 31.5 Å². The fraction of sp³-hybridized carbons (Fsp3) is 0.692. The number of aromatic nitrogens is 2. The maximum atomic E-state index is 13.2.